The van der Waals surface area contributed by atoms with Gasteiger partial charge in [0.05, 0.1) is 7.11 Å². The molecule has 0 aliphatic carbocycles. The smallest absolute Gasteiger partial charge is 0.247 e. The van der Waals surface area contributed by atoms with Crippen molar-refractivity contribution in [2.75, 3.05) is 26.7 Å². The topological polar surface area (TPSA) is 58.6 Å². The minimum atomic E-state index is -3.54. The van der Waals surface area contributed by atoms with Crippen molar-refractivity contribution < 1.29 is 13.2 Å². The minimum Gasteiger partial charge on any atom is -0.495 e. The van der Waals surface area contributed by atoms with Gasteiger partial charge >= 0.3 is 0 Å². The Morgan fingerprint density at radius 1 is 1.47 bits per heavy atom. The van der Waals surface area contributed by atoms with Crippen LogP contribution in [0.2, 0.25) is 0 Å². The van der Waals surface area contributed by atoms with Crippen LogP contribution in [0, 0.1) is 0 Å². The van der Waals surface area contributed by atoms with Crippen LogP contribution in [0.3, 0.4) is 0 Å². The molecular formula is C12H17BrN2O3S. The predicted molar refractivity (Wildman–Crippen MR) is 76.9 cm³/mol. The number of hydrogen-bond donors (Lipinski definition) is 1. The Bertz CT molecular complexity index is 562. The summed E-state index contributed by atoms with van der Waals surface area (Å²) in [6.45, 7) is 3.70. The maximum absolute atomic E-state index is 12.7. The Hall–Kier alpha value is -0.630. The molecule has 0 amide bonds. The Morgan fingerprint density at radius 2 is 2.21 bits per heavy atom. The first-order valence-corrected chi connectivity index (χ1v) is 8.26. The van der Waals surface area contributed by atoms with Gasteiger partial charge in [0.15, 0.2) is 0 Å². The van der Waals surface area contributed by atoms with Crippen LogP contribution in [0.15, 0.2) is 27.6 Å². The first kappa shape index (κ1) is 14.8. The molecule has 0 aromatic heterocycles. The van der Waals surface area contributed by atoms with Crippen LogP contribution in [0.1, 0.15) is 6.92 Å². The van der Waals surface area contributed by atoms with Crippen LogP contribution in [0.25, 0.3) is 0 Å². The van der Waals surface area contributed by atoms with E-state index in [-0.39, 0.29) is 10.9 Å². The monoisotopic (exact) mass is 348 g/mol. The van der Waals surface area contributed by atoms with E-state index in [1.807, 2.05) is 6.92 Å². The molecule has 1 aromatic rings. The van der Waals surface area contributed by atoms with Crippen LogP contribution in [-0.2, 0) is 10.0 Å². The molecule has 1 aliphatic heterocycles. The van der Waals surface area contributed by atoms with Crippen LogP contribution in [-0.4, -0.2) is 45.5 Å². The number of rotatable bonds is 3. The van der Waals surface area contributed by atoms with Crippen molar-refractivity contribution in [2.24, 2.45) is 0 Å². The van der Waals surface area contributed by atoms with Crippen molar-refractivity contribution >= 4 is 26.0 Å². The number of methoxy groups -OCH3 is 1. The van der Waals surface area contributed by atoms with Crippen molar-refractivity contribution in [3.05, 3.63) is 22.7 Å². The molecule has 7 heteroatoms. The predicted octanol–water partition coefficient (Wildman–Crippen LogP) is 1.44. The van der Waals surface area contributed by atoms with Crippen molar-refractivity contribution in [2.45, 2.75) is 17.9 Å². The first-order chi connectivity index (χ1) is 8.96. The highest BCUT2D eigenvalue weighted by Gasteiger charge is 2.33. The van der Waals surface area contributed by atoms with Crippen molar-refractivity contribution in [1.82, 2.24) is 9.62 Å². The number of piperazine rings is 1. The van der Waals surface area contributed by atoms with E-state index in [2.05, 4.69) is 21.2 Å². The molecule has 0 saturated carbocycles. The van der Waals surface area contributed by atoms with Crippen molar-refractivity contribution in [3.63, 3.8) is 0 Å². The first-order valence-electron chi connectivity index (χ1n) is 6.03. The van der Waals surface area contributed by atoms with Gasteiger partial charge in [-0.25, -0.2) is 8.42 Å². The molecule has 1 aliphatic rings. The molecule has 0 bridgehead atoms. The number of benzene rings is 1. The van der Waals surface area contributed by atoms with Gasteiger partial charge in [-0.15, -0.1) is 0 Å². The van der Waals surface area contributed by atoms with E-state index < -0.39 is 10.0 Å². The summed E-state index contributed by atoms with van der Waals surface area (Å²) >= 11 is 3.31. The van der Waals surface area contributed by atoms with Crippen LogP contribution in [0.4, 0.5) is 0 Å². The van der Waals surface area contributed by atoms with E-state index in [0.29, 0.717) is 25.4 Å². The Kier molecular flexibility index (Phi) is 4.50. The lowest BCUT2D eigenvalue weighted by Crippen LogP contribution is -2.52. The molecule has 0 unspecified atom stereocenters. The third-order valence-corrected chi connectivity index (χ3v) is 5.68. The standard InChI is InChI=1S/C12H17BrN2O3S/c1-9-8-14-5-6-15(9)19(16,17)12-7-10(13)3-4-11(12)18-2/h3-4,7,9,14H,5-6,8H2,1-2H3/t9-/m1/s1. The maximum atomic E-state index is 12.7. The van der Waals surface area contributed by atoms with Gasteiger partial charge in [-0.05, 0) is 25.1 Å². The fourth-order valence-electron chi connectivity index (χ4n) is 2.16. The molecule has 19 heavy (non-hydrogen) atoms. The second-order valence-corrected chi connectivity index (χ2v) is 7.24. The lowest BCUT2D eigenvalue weighted by molar-refractivity contribution is 0.282. The molecule has 0 radical (unpaired) electrons. The average Bonchev–Trinajstić information content (AvgIpc) is 2.39. The summed E-state index contributed by atoms with van der Waals surface area (Å²) in [5, 5.41) is 3.18. The summed E-state index contributed by atoms with van der Waals surface area (Å²) in [6, 6.07) is 4.94. The zero-order chi connectivity index (χ0) is 14.0. The van der Waals surface area contributed by atoms with Gasteiger partial charge in [0.1, 0.15) is 10.6 Å². The van der Waals surface area contributed by atoms with Crippen LogP contribution < -0.4 is 10.1 Å². The van der Waals surface area contributed by atoms with Gasteiger partial charge in [-0.2, -0.15) is 4.31 Å². The van der Waals surface area contributed by atoms with Gasteiger partial charge in [0.2, 0.25) is 10.0 Å². The third kappa shape index (κ3) is 2.94. The number of hydrogen-bond acceptors (Lipinski definition) is 4. The molecule has 1 aromatic carbocycles. The third-order valence-electron chi connectivity index (χ3n) is 3.15. The van der Waals surface area contributed by atoms with Crippen LogP contribution in [0.5, 0.6) is 5.75 Å². The Morgan fingerprint density at radius 3 is 2.84 bits per heavy atom. The number of nitrogens with zero attached hydrogens (tertiary/aromatic N) is 1. The molecule has 1 heterocycles. The van der Waals surface area contributed by atoms with Crippen molar-refractivity contribution in [3.8, 4) is 5.75 Å². The highest BCUT2D eigenvalue weighted by Crippen LogP contribution is 2.30. The summed E-state index contributed by atoms with van der Waals surface area (Å²) in [4.78, 5) is 0.207. The van der Waals surface area contributed by atoms with Gasteiger partial charge in [0.25, 0.3) is 0 Å². The molecule has 1 atom stereocenters. The van der Waals surface area contributed by atoms with E-state index in [9.17, 15) is 8.42 Å². The summed E-state index contributed by atoms with van der Waals surface area (Å²) < 4.78 is 32.9. The molecule has 0 spiro atoms. The van der Waals surface area contributed by atoms with Gasteiger partial charge in [0, 0.05) is 30.1 Å². The number of halogens is 1. The minimum absolute atomic E-state index is 0.0672. The summed E-state index contributed by atoms with van der Waals surface area (Å²) in [5.74, 6) is 0.369. The quantitative estimate of drug-likeness (QED) is 0.897. The molecule has 2 rings (SSSR count). The fraction of sp³-hybridized carbons (Fsp3) is 0.500. The molecule has 5 nitrogen and oxygen atoms in total. The number of ether oxygens (including phenoxy) is 1. The Balaban J connectivity index is 2.46. The number of sulfonamides is 1. The number of nitrogens with one attached hydrogen (secondary N) is 1. The SMILES string of the molecule is COc1ccc(Br)cc1S(=O)(=O)N1CCNC[C@H]1C. The second kappa shape index (κ2) is 5.78. The van der Waals surface area contributed by atoms with E-state index in [0.717, 1.165) is 4.47 Å². The zero-order valence-corrected chi connectivity index (χ0v) is 13.3. The van der Waals surface area contributed by atoms with Crippen LogP contribution >= 0.6 is 15.9 Å². The van der Waals surface area contributed by atoms with Gasteiger partial charge in [-0.1, -0.05) is 15.9 Å². The summed E-state index contributed by atoms with van der Waals surface area (Å²) in [7, 11) is -2.06. The lowest BCUT2D eigenvalue weighted by Gasteiger charge is -2.33. The van der Waals surface area contributed by atoms with E-state index in [4.69, 9.17) is 4.74 Å². The normalized spacial score (nSPS) is 21.3. The molecule has 1 saturated heterocycles. The Labute approximate surface area is 122 Å². The molecule has 106 valence electrons. The summed E-state index contributed by atoms with van der Waals surface area (Å²) in [6.07, 6.45) is 0. The van der Waals surface area contributed by atoms with E-state index in [1.54, 1.807) is 18.2 Å². The van der Waals surface area contributed by atoms with E-state index >= 15 is 0 Å². The summed E-state index contributed by atoms with van der Waals surface area (Å²) in [5.41, 5.74) is 0. The highest BCUT2D eigenvalue weighted by molar-refractivity contribution is 9.10. The average molecular weight is 349 g/mol. The highest BCUT2D eigenvalue weighted by atomic mass is 79.9. The molecule has 1 N–H and O–H groups in total. The fourth-order valence-corrected chi connectivity index (χ4v) is 4.48. The van der Waals surface area contributed by atoms with Gasteiger partial charge < -0.3 is 10.1 Å². The molecular weight excluding hydrogens is 332 g/mol. The van der Waals surface area contributed by atoms with E-state index in [1.165, 1.54) is 11.4 Å². The lowest BCUT2D eigenvalue weighted by atomic mass is 10.3. The largest absolute Gasteiger partial charge is 0.495 e. The molecule has 1 fully saturated rings. The maximum Gasteiger partial charge on any atom is 0.247 e. The zero-order valence-electron chi connectivity index (χ0n) is 10.9. The van der Waals surface area contributed by atoms with Crippen molar-refractivity contribution in [1.29, 1.82) is 0 Å². The van der Waals surface area contributed by atoms with Gasteiger partial charge in [-0.3, -0.25) is 0 Å². The second-order valence-electron chi connectivity index (χ2n) is 4.46.